The Labute approximate surface area is 227 Å². The second-order valence-electron chi connectivity index (χ2n) is 8.62. The number of unbranched alkanes of at least 4 members (excludes halogenated alkanes) is 4. The van der Waals surface area contributed by atoms with Gasteiger partial charge in [-0.25, -0.2) is 13.6 Å². The molecule has 0 saturated carbocycles. The lowest BCUT2D eigenvalue weighted by Gasteiger charge is -2.38. The summed E-state index contributed by atoms with van der Waals surface area (Å²) in [7, 11) is 0. The third-order valence-corrected chi connectivity index (χ3v) is 5.61. The number of carbonyl (C=O) groups is 1. The Morgan fingerprint density at radius 3 is 1.81 bits per heavy atom. The predicted molar refractivity (Wildman–Crippen MR) is 115 cm³/mol. The standard InChI is InChI=1S/C21H20F12N2O7/c1-2-3-4-5-6-7-11-8-13(35(39)40)14(9-12(11)34(37)38)42-16(36)41-10-17(24,25)19(28,29)21(32,33)20(30,31)18(26,27)15(22)23/h8-9,15H,2-7,10H2,1H3. The van der Waals surface area contributed by atoms with Gasteiger partial charge in [-0.2, -0.15) is 43.9 Å². The van der Waals surface area contributed by atoms with Gasteiger partial charge in [-0.3, -0.25) is 20.2 Å². The summed E-state index contributed by atoms with van der Waals surface area (Å²) in [5, 5.41) is 22.7. The van der Waals surface area contributed by atoms with E-state index in [1.807, 2.05) is 6.92 Å². The molecule has 0 aliphatic carbocycles. The molecule has 1 rings (SSSR count). The number of carbonyl (C=O) groups excluding carboxylic acids is 1. The summed E-state index contributed by atoms with van der Waals surface area (Å²) in [5.74, 6) is -38.5. The predicted octanol–water partition coefficient (Wildman–Crippen LogP) is 7.97. The molecule has 0 saturated heterocycles. The summed E-state index contributed by atoms with van der Waals surface area (Å²) in [4.78, 5) is 32.1. The van der Waals surface area contributed by atoms with Gasteiger partial charge in [0.25, 0.3) is 5.69 Å². The number of benzene rings is 1. The summed E-state index contributed by atoms with van der Waals surface area (Å²) < 4.78 is 166. The third-order valence-electron chi connectivity index (χ3n) is 5.61. The van der Waals surface area contributed by atoms with Crippen LogP contribution in [0.2, 0.25) is 0 Å². The maximum Gasteiger partial charge on any atom is 0.514 e. The molecule has 240 valence electrons. The molecule has 1 aromatic rings. The van der Waals surface area contributed by atoms with Crippen molar-refractivity contribution in [2.24, 2.45) is 0 Å². The lowest BCUT2D eigenvalue weighted by molar-refractivity contribution is -0.414. The van der Waals surface area contributed by atoms with E-state index in [0.29, 0.717) is 18.9 Å². The number of halogens is 12. The quantitative estimate of drug-likeness (QED) is 0.0449. The molecular formula is C21H20F12N2O7. The third kappa shape index (κ3) is 7.26. The van der Waals surface area contributed by atoms with Crippen molar-refractivity contribution in [3.63, 3.8) is 0 Å². The Balaban J connectivity index is 3.22. The zero-order chi connectivity index (χ0) is 32.9. The summed E-state index contributed by atoms with van der Waals surface area (Å²) in [6.45, 7) is -1.44. The Kier molecular flexibility index (Phi) is 11.4. The van der Waals surface area contributed by atoms with E-state index in [2.05, 4.69) is 9.47 Å². The highest BCUT2D eigenvalue weighted by molar-refractivity contribution is 5.68. The number of nitro groups is 2. The minimum atomic E-state index is -7.87. The second kappa shape index (κ2) is 13.2. The summed E-state index contributed by atoms with van der Waals surface area (Å²) >= 11 is 0. The van der Waals surface area contributed by atoms with Crippen molar-refractivity contribution in [2.75, 3.05) is 6.61 Å². The number of nitrogens with zero attached hydrogens (tertiary/aromatic N) is 2. The van der Waals surface area contributed by atoms with Crippen LogP contribution in [-0.4, -0.2) is 58.6 Å². The van der Waals surface area contributed by atoms with Gasteiger partial charge in [0.05, 0.1) is 15.9 Å². The first-order valence-corrected chi connectivity index (χ1v) is 11.5. The maximum atomic E-state index is 13.8. The maximum absolute atomic E-state index is 13.8. The van der Waals surface area contributed by atoms with Crippen molar-refractivity contribution in [3.8, 4) is 5.75 Å². The van der Waals surface area contributed by atoms with E-state index in [1.165, 1.54) is 0 Å². The average molecular weight is 640 g/mol. The number of ether oxygens (including phenoxy) is 2. The number of rotatable bonds is 16. The van der Waals surface area contributed by atoms with Gasteiger partial charge in [-0.15, -0.1) is 0 Å². The van der Waals surface area contributed by atoms with Crippen LogP contribution in [0.4, 0.5) is 68.9 Å². The van der Waals surface area contributed by atoms with Crippen LogP contribution in [0.15, 0.2) is 12.1 Å². The molecule has 0 aliphatic rings. The van der Waals surface area contributed by atoms with E-state index in [9.17, 15) is 77.7 Å². The van der Waals surface area contributed by atoms with Crippen LogP contribution in [0.5, 0.6) is 5.75 Å². The molecule has 0 radical (unpaired) electrons. The molecule has 9 nitrogen and oxygen atoms in total. The molecule has 0 spiro atoms. The highest BCUT2D eigenvalue weighted by Crippen LogP contribution is 2.58. The Morgan fingerprint density at radius 1 is 0.810 bits per heavy atom. The highest BCUT2D eigenvalue weighted by atomic mass is 19.4. The van der Waals surface area contributed by atoms with Crippen LogP contribution in [0.25, 0.3) is 0 Å². The molecule has 0 aromatic heterocycles. The Bertz CT molecular complexity index is 1150. The van der Waals surface area contributed by atoms with E-state index in [4.69, 9.17) is 0 Å². The molecule has 0 N–H and O–H groups in total. The first-order chi connectivity index (χ1) is 19.0. The highest BCUT2D eigenvalue weighted by Gasteiger charge is 2.88. The number of hydrogen-bond acceptors (Lipinski definition) is 7. The minimum Gasteiger partial charge on any atom is -0.427 e. The van der Waals surface area contributed by atoms with Crippen LogP contribution in [0, 0.1) is 20.2 Å². The van der Waals surface area contributed by atoms with Crippen molar-refractivity contribution >= 4 is 17.5 Å². The summed E-state index contributed by atoms with van der Waals surface area (Å²) in [6, 6.07) is 0.823. The summed E-state index contributed by atoms with van der Waals surface area (Å²) in [6.07, 6.45) is -5.17. The molecule has 0 atom stereocenters. The fourth-order valence-electron chi connectivity index (χ4n) is 3.25. The van der Waals surface area contributed by atoms with Crippen molar-refractivity contribution in [1.82, 2.24) is 0 Å². The van der Waals surface area contributed by atoms with E-state index >= 15 is 0 Å². The van der Waals surface area contributed by atoms with Gasteiger partial charge in [0.15, 0.2) is 6.61 Å². The normalized spacial score (nSPS) is 13.3. The molecular weight excluding hydrogens is 620 g/mol. The molecule has 0 bridgehead atoms. The monoisotopic (exact) mass is 640 g/mol. The molecule has 0 heterocycles. The number of aryl methyl sites for hydroxylation is 1. The lowest BCUT2D eigenvalue weighted by atomic mass is 9.94. The van der Waals surface area contributed by atoms with E-state index in [-0.39, 0.29) is 18.1 Å². The zero-order valence-electron chi connectivity index (χ0n) is 21.0. The van der Waals surface area contributed by atoms with Crippen LogP contribution >= 0.6 is 0 Å². The Hall–Kier alpha value is -3.55. The zero-order valence-corrected chi connectivity index (χ0v) is 21.0. The van der Waals surface area contributed by atoms with Crippen LogP contribution < -0.4 is 4.74 Å². The fraction of sp³-hybridized carbons (Fsp3) is 0.667. The Morgan fingerprint density at radius 2 is 1.33 bits per heavy atom. The van der Waals surface area contributed by atoms with Gasteiger partial charge in [-0.1, -0.05) is 32.6 Å². The molecule has 0 amide bonds. The van der Waals surface area contributed by atoms with Gasteiger partial charge >= 0.3 is 47.9 Å². The number of alkyl halides is 12. The van der Waals surface area contributed by atoms with Crippen molar-refractivity contribution in [1.29, 1.82) is 0 Å². The lowest BCUT2D eigenvalue weighted by Crippen LogP contribution is -2.69. The fourth-order valence-corrected chi connectivity index (χ4v) is 3.25. The SMILES string of the molecule is CCCCCCCc1cc([N+](=O)[O-])c(OC(=O)OCC(F)(F)C(F)(F)C(F)(F)C(F)(F)C(F)(F)C(F)F)cc1[N+](=O)[O-]. The van der Waals surface area contributed by atoms with Gasteiger partial charge < -0.3 is 9.47 Å². The topological polar surface area (TPSA) is 122 Å². The first kappa shape index (κ1) is 36.5. The smallest absolute Gasteiger partial charge is 0.427 e. The van der Waals surface area contributed by atoms with Crippen LogP contribution in [0.1, 0.15) is 44.6 Å². The molecule has 42 heavy (non-hydrogen) atoms. The van der Waals surface area contributed by atoms with Crippen molar-refractivity contribution in [3.05, 3.63) is 37.9 Å². The van der Waals surface area contributed by atoms with Crippen LogP contribution in [-0.2, 0) is 11.2 Å². The summed E-state index contributed by atoms with van der Waals surface area (Å²) in [5.41, 5.74) is -2.34. The van der Waals surface area contributed by atoms with Crippen molar-refractivity contribution in [2.45, 2.75) is 81.5 Å². The number of hydrogen-bond donors (Lipinski definition) is 0. The van der Waals surface area contributed by atoms with Gasteiger partial charge in [-0.05, 0) is 12.8 Å². The molecule has 0 aliphatic heterocycles. The van der Waals surface area contributed by atoms with E-state index in [0.717, 1.165) is 19.3 Å². The second-order valence-corrected chi connectivity index (χ2v) is 8.62. The number of nitro benzene ring substituents is 2. The van der Waals surface area contributed by atoms with E-state index < -0.39 is 75.8 Å². The average Bonchev–Trinajstić information content (AvgIpc) is 2.86. The van der Waals surface area contributed by atoms with Gasteiger partial charge in [0, 0.05) is 11.6 Å². The van der Waals surface area contributed by atoms with E-state index in [1.54, 1.807) is 0 Å². The molecule has 21 heteroatoms. The largest absolute Gasteiger partial charge is 0.514 e. The van der Waals surface area contributed by atoms with Crippen molar-refractivity contribution < 1.29 is 76.8 Å². The minimum absolute atomic E-state index is 0.0870. The molecule has 1 aromatic carbocycles. The van der Waals surface area contributed by atoms with Gasteiger partial charge in [0.2, 0.25) is 5.75 Å². The first-order valence-electron chi connectivity index (χ1n) is 11.5. The molecule has 0 unspecified atom stereocenters. The molecule has 0 fully saturated rings. The van der Waals surface area contributed by atoms with Gasteiger partial charge in [0.1, 0.15) is 0 Å². The van der Waals surface area contributed by atoms with Crippen LogP contribution in [0.3, 0.4) is 0 Å².